The fourth-order valence-corrected chi connectivity index (χ4v) is 5.31. The largest absolute Gasteiger partial charge is 0.494 e. The number of nitrogens with one attached hydrogen (secondary N) is 1. The molecule has 1 aromatic rings. The Labute approximate surface area is 160 Å². The number of sulfone groups is 1. The molecule has 2 amide bonds. The maximum atomic E-state index is 13.1. The maximum absolute atomic E-state index is 13.1. The SMILES string of the molecule is CCOc1ccc(NC(=O)C2(C(=O)N(CC)C3CCS(=O)(=O)C3)CC2)cc1. The minimum absolute atomic E-state index is 0.0107. The molecule has 0 spiro atoms. The highest BCUT2D eigenvalue weighted by Gasteiger charge is 2.58. The van der Waals surface area contributed by atoms with Gasteiger partial charge in [-0.3, -0.25) is 9.59 Å². The first-order valence-corrected chi connectivity index (χ1v) is 11.2. The van der Waals surface area contributed by atoms with Crippen LogP contribution in [0.5, 0.6) is 5.75 Å². The van der Waals surface area contributed by atoms with Gasteiger partial charge in [-0.05, 0) is 57.4 Å². The minimum atomic E-state index is -3.09. The van der Waals surface area contributed by atoms with Crippen LogP contribution in [0.15, 0.2) is 24.3 Å². The van der Waals surface area contributed by atoms with E-state index < -0.39 is 15.3 Å². The molecule has 2 aliphatic rings. The third-order valence-electron chi connectivity index (χ3n) is 5.27. The van der Waals surface area contributed by atoms with E-state index in [-0.39, 0.29) is 29.4 Å². The first kappa shape index (κ1) is 19.7. The predicted octanol–water partition coefficient (Wildman–Crippen LogP) is 1.84. The molecule has 7 nitrogen and oxygen atoms in total. The molecule has 1 heterocycles. The summed E-state index contributed by atoms with van der Waals surface area (Å²) in [7, 11) is -3.09. The lowest BCUT2D eigenvalue weighted by atomic mass is 10.0. The second-order valence-electron chi connectivity index (χ2n) is 7.14. The molecule has 0 aromatic heterocycles. The highest BCUT2D eigenvalue weighted by molar-refractivity contribution is 7.91. The van der Waals surface area contributed by atoms with E-state index in [0.29, 0.717) is 43.9 Å². The van der Waals surface area contributed by atoms with Gasteiger partial charge in [0, 0.05) is 18.3 Å². The average molecular weight is 394 g/mol. The van der Waals surface area contributed by atoms with Crippen LogP contribution in [-0.2, 0) is 19.4 Å². The van der Waals surface area contributed by atoms with E-state index >= 15 is 0 Å². The lowest BCUT2D eigenvalue weighted by Crippen LogP contribution is -2.48. The topological polar surface area (TPSA) is 92.8 Å². The van der Waals surface area contributed by atoms with Gasteiger partial charge in [0.2, 0.25) is 11.8 Å². The molecule has 8 heteroatoms. The third-order valence-corrected chi connectivity index (χ3v) is 7.02. The number of rotatable bonds is 7. The number of anilines is 1. The molecule has 1 saturated carbocycles. The summed E-state index contributed by atoms with van der Waals surface area (Å²) in [5.41, 5.74) is -0.463. The summed E-state index contributed by atoms with van der Waals surface area (Å²) in [5, 5.41) is 2.82. The van der Waals surface area contributed by atoms with Crippen LogP contribution < -0.4 is 10.1 Å². The summed E-state index contributed by atoms with van der Waals surface area (Å²) in [6.45, 7) is 4.68. The zero-order valence-corrected chi connectivity index (χ0v) is 16.5. The fraction of sp³-hybridized carbons (Fsp3) is 0.579. The van der Waals surface area contributed by atoms with E-state index in [2.05, 4.69) is 5.32 Å². The summed E-state index contributed by atoms with van der Waals surface area (Å²) in [5.74, 6) is 0.231. The molecule has 3 rings (SSSR count). The lowest BCUT2D eigenvalue weighted by molar-refractivity contribution is -0.143. The number of carbonyl (C=O) groups is 2. The van der Waals surface area contributed by atoms with Crippen molar-refractivity contribution in [3.8, 4) is 5.75 Å². The lowest BCUT2D eigenvalue weighted by Gasteiger charge is -2.30. The molecule has 1 N–H and O–H groups in total. The van der Waals surface area contributed by atoms with Gasteiger partial charge in [-0.25, -0.2) is 8.42 Å². The van der Waals surface area contributed by atoms with Crippen molar-refractivity contribution in [2.75, 3.05) is 30.0 Å². The second kappa shape index (κ2) is 7.50. The average Bonchev–Trinajstić information content (AvgIpc) is 3.37. The Bertz CT molecular complexity index is 815. The molecule has 1 unspecified atom stereocenters. The van der Waals surface area contributed by atoms with Crippen molar-refractivity contribution in [2.24, 2.45) is 5.41 Å². The maximum Gasteiger partial charge on any atom is 0.240 e. The van der Waals surface area contributed by atoms with Crippen LogP contribution >= 0.6 is 0 Å². The van der Waals surface area contributed by atoms with Crippen LogP contribution in [0.1, 0.15) is 33.1 Å². The van der Waals surface area contributed by atoms with E-state index in [1.807, 2.05) is 13.8 Å². The van der Waals surface area contributed by atoms with Crippen LogP contribution in [-0.4, -0.2) is 55.8 Å². The van der Waals surface area contributed by atoms with Gasteiger partial charge in [0.1, 0.15) is 11.2 Å². The van der Waals surface area contributed by atoms with Crippen LogP contribution in [0.4, 0.5) is 5.69 Å². The van der Waals surface area contributed by atoms with Gasteiger partial charge >= 0.3 is 0 Å². The van der Waals surface area contributed by atoms with Gasteiger partial charge in [0.15, 0.2) is 9.84 Å². The summed E-state index contributed by atoms with van der Waals surface area (Å²) in [6, 6.07) is 6.68. The minimum Gasteiger partial charge on any atom is -0.494 e. The smallest absolute Gasteiger partial charge is 0.240 e. The number of nitrogens with zero attached hydrogens (tertiary/aromatic N) is 1. The quantitative estimate of drug-likeness (QED) is 0.713. The Morgan fingerprint density at radius 3 is 2.37 bits per heavy atom. The van der Waals surface area contributed by atoms with E-state index in [1.165, 1.54) is 0 Å². The van der Waals surface area contributed by atoms with Crippen molar-refractivity contribution in [2.45, 2.75) is 39.2 Å². The van der Waals surface area contributed by atoms with Crippen molar-refractivity contribution in [3.63, 3.8) is 0 Å². The Kier molecular flexibility index (Phi) is 5.46. The van der Waals surface area contributed by atoms with Gasteiger partial charge in [0.05, 0.1) is 18.1 Å². The van der Waals surface area contributed by atoms with Crippen molar-refractivity contribution >= 4 is 27.3 Å². The molecule has 148 valence electrons. The van der Waals surface area contributed by atoms with Crippen LogP contribution in [0.25, 0.3) is 0 Å². The second-order valence-corrected chi connectivity index (χ2v) is 9.37. The number of hydrogen-bond donors (Lipinski definition) is 1. The molecule has 27 heavy (non-hydrogen) atoms. The Morgan fingerprint density at radius 1 is 1.22 bits per heavy atom. The summed E-state index contributed by atoms with van der Waals surface area (Å²) < 4.78 is 28.9. The predicted molar refractivity (Wildman–Crippen MR) is 102 cm³/mol. The number of ether oxygens (including phenoxy) is 1. The molecule has 1 aromatic carbocycles. The zero-order chi connectivity index (χ0) is 19.7. The van der Waals surface area contributed by atoms with Crippen LogP contribution in [0, 0.1) is 5.41 Å². The standard InChI is InChI=1S/C19H26N2O5S/c1-3-21(15-9-12-27(24,25)13-15)18(23)19(10-11-19)17(22)20-14-5-7-16(8-6-14)26-4-2/h5-8,15H,3-4,9-13H2,1-2H3,(H,20,22). The highest BCUT2D eigenvalue weighted by atomic mass is 32.2. The molecule has 2 fully saturated rings. The Morgan fingerprint density at radius 2 is 1.89 bits per heavy atom. The summed E-state index contributed by atoms with van der Waals surface area (Å²) >= 11 is 0. The highest BCUT2D eigenvalue weighted by Crippen LogP contribution is 2.48. The van der Waals surface area contributed by atoms with Crippen LogP contribution in [0.3, 0.4) is 0 Å². The van der Waals surface area contributed by atoms with E-state index in [4.69, 9.17) is 4.74 Å². The fourth-order valence-electron chi connectivity index (χ4n) is 3.58. The number of carbonyl (C=O) groups excluding carboxylic acids is 2. The monoisotopic (exact) mass is 394 g/mol. The molecule has 1 saturated heterocycles. The number of amides is 2. The van der Waals surface area contributed by atoms with Crippen LogP contribution in [0.2, 0.25) is 0 Å². The zero-order valence-electron chi connectivity index (χ0n) is 15.7. The van der Waals surface area contributed by atoms with E-state index in [1.54, 1.807) is 29.2 Å². The molecule has 1 aliphatic heterocycles. The molecular weight excluding hydrogens is 368 g/mol. The van der Waals surface area contributed by atoms with Gasteiger partial charge in [-0.2, -0.15) is 0 Å². The van der Waals surface area contributed by atoms with Crippen molar-refractivity contribution in [1.82, 2.24) is 4.90 Å². The van der Waals surface area contributed by atoms with E-state index in [9.17, 15) is 18.0 Å². The molecule has 0 bridgehead atoms. The first-order valence-electron chi connectivity index (χ1n) is 9.37. The molecular formula is C19H26N2O5S. The van der Waals surface area contributed by atoms with Gasteiger partial charge in [-0.15, -0.1) is 0 Å². The summed E-state index contributed by atoms with van der Waals surface area (Å²) in [4.78, 5) is 27.5. The Hall–Kier alpha value is -2.09. The third kappa shape index (κ3) is 4.10. The van der Waals surface area contributed by atoms with Gasteiger partial charge in [0.25, 0.3) is 0 Å². The van der Waals surface area contributed by atoms with Crippen molar-refractivity contribution in [1.29, 1.82) is 0 Å². The number of hydrogen-bond acceptors (Lipinski definition) is 5. The van der Waals surface area contributed by atoms with Gasteiger partial charge in [-0.1, -0.05) is 0 Å². The van der Waals surface area contributed by atoms with Gasteiger partial charge < -0.3 is 15.0 Å². The molecule has 1 aliphatic carbocycles. The first-order chi connectivity index (χ1) is 12.8. The molecule has 0 radical (unpaired) electrons. The number of benzene rings is 1. The van der Waals surface area contributed by atoms with Crippen molar-refractivity contribution < 1.29 is 22.7 Å². The summed E-state index contributed by atoms with van der Waals surface area (Å²) in [6.07, 6.45) is 1.42. The van der Waals surface area contributed by atoms with E-state index in [0.717, 1.165) is 0 Å². The normalized spacial score (nSPS) is 22.1. The van der Waals surface area contributed by atoms with Crippen molar-refractivity contribution in [3.05, 3.63) is 24.3 Å². The molecule has 1 atom stereocenters. The Balaban J connectivity index is 1.69.